The van der Waals surface area contributed by atoms with Gasteiger partial charge in [-0.25, -0.2) is 4.98 Å². The summed E-state index contributed by atoms with van der Waals surface area (Å²) in [7, 11) is 1.68. The minimum atomic E-state index is 0.559. The van der Waals surface area contributed by atoms with E-state index in [1.54, 1.807) is 7.11 Å². The summed E-state index contributed by atoms with van der Waals surface area (Å²) in [4.78, 5) is 4.34. The van der Waals surface area contributed by atoms with Crippen molar-refractivity contribution >= 4 is 21.5 Å². The molecule has 18 heavy (non-hydrogen) atoms. The molecule has 0 radical (unpaired) electrons. The maximum absolute atomic E-state index is 5.31. The van der Waals surface area contributed by atoms with E-state index in [2.05, 4.69) is 38.4 Å². The van der Waals surface area contributed by atoms with Gasteiger partial charge in [-0.3, -0.25) is 0 Å². The van der Waals surface area contributed by atoms with Crippen molar-refractivity contribution in [2.45, 2.75) is 25.3 Å². The SMILES string of the molecule is COc1cc(C2=C[C@H]3NCC[C@H]3CC2)cnc1Br. The highest BCUT2D eigenvalue weighted by Crippen LogP contribution is 2.35. The number of allylic oxidation sites excluding steroid dienone is 1. The van der Waals surface area contributed by atoms with Crippen LogP contribution in [0.3, 0.4) is 0 Å². The van der Waals surface area contributed by atoms with Crippen LogP contribution in [0.5, 0.6) is 5.75 Å². The molecule has 96 valence electrons. The van der Waals surface area contributed by atoms with Crippen LogP contribution >= 0.6 is 15.9 Å². The normalized spacial score (nSPS) is 26.7. The first-order valence-corrected chi connectivity index (χ1v) is 7.21. The predicted octanol–water partition coefficient (Wildman–Crippen LogP) is 3.01. The Hall–Kier alpha value is -0.870. The van der Waals surface area contributed by atoms with Gasteiger partial charge in [0.15, 0.2) is 5.75 Å². The lowest BCUT2D eigenvalue weighted by Gasteiger charge is -2.24. The zero-order valence-electron chi connectivity index (χ0n) is 10.4. The Bertz CT molecular complexity index is 487. The highest BCUT2D eigenvalue weighted by molar-refractivity contribution is 9.10. The van der Waals surface area contributed by atoms with Crippen LogP contribution < -0.4 is 10.1 Å². The Kier molecular flexibility index (Phi) is 3.39. The van der Waals surface area contributed by atoms with Gasteiger partial charge in [0, 0.05) is 12.2 Å². The number of ether oxygens (including phenoxy) is 1. The molecule has 3 nitrogen and oxygen atoms in total. The van der Waals surface area contributed by atoms with E-state index in [-0.39, 0.29) is 0 Å². The molecule has 4 heteroatoms. The van der Waals surface area contributed by atoms with Crippen LogP contribution in [-0.2, 0) is 0 Å². The van der Waals surface area contributed by atoms with E-state index in [0.717, 1.165) is 29.2 Å². The number of hydrogen-bond donors (Lipinski definition) is 1. The maximum Gasteiger partial charge on any atom is 0.152 e. The number of nitrogens with one attached hydrogen (secondary N) is 1. The summed E-state index contributed by atoms with van der Waals surface area (Å²) in [6.07, 6.45) is 8.05. The van der Waals surface area contributed by atoms with E-state index < -0.39 is 0 Å². The standard InChI is InChI=1S/C14H17BrN2O/c1-18-13-7-11(8-17-14(13)15)10-3-2-9-4-5-16-12(9)6-10/h6-9,12,16H,2-5H2,1H3/t9-,12-/m1/s1. The number of pyridine rings is 1. The first kappa shape index (κ1) is 12.2. The van der Waals surface area contributed by atoms with Gasteiger partial charge in [-0.1, -0.05) is 6.08 Å². The Morgan fingerprint density at radius 2 is 2.33 bits per heavy atom. The lowest BCUT2D eigenvalue weighted by Crippen LogP contribution is -2.27. The third kappa shape index (κ3) is 2.19. The Labute approximate surface area is 116 Å². The Morgan fingerprint density at radius 3 is 3.17 bits per heavy atom. The van der Waals surface area contributed by atoms with Gasteiger partial charge in [-0.15, -0.1) is 0 Å². The van der Waals surface area contributed by atoms with Gasteiger partial charge in [-0.05, 0) is 64.9 Å². The number of aromatic nitrogens is 1. The van der Waals surface area contributed by atoms with E-state index in [4.69, 9.17) is 4.74 Å². The molecule has 3 rings (SSSR count). The third-order valence-electron chi connectivity index (χ3n) is 3.97. The molecule has 1 fully saturated rings. The molecule has 2 atom stereocenters. The predicted molar refractivity (Wildman–Crippen MR) is 75.6 cm³/mol. The zero-order chi connectivity index (χ0) is 12.5. The molecule has 1 N–H and O–H groups in total. The van der Waals surface area contributed by atoms with Crippen molar-refractivity contribution in [3.05, 3.63) is 28.5 Å². The van der Waals surface area contributed by atoms with Gasteiger partial charge in [0.1, 0.15) is 4.60 Å². The van der Waals surface area contributed by atoms with Gasteiger partial charge in [0.05, 0.1) is 7.11 Å². The molecule has 0 bridgehead atoms. The molecule has 0 aromatic carbocycles. The molecule has 2 heterocycles. The lowest BCUT2D eigenvalue weighted by atomic mass is 9.84. The number of fused-ring (bicyclic) bond motifs is 1. The van der Waals surface area contributed by atoms with E-state index in [9.17, 15) is 0 Å². The first-order valence-electron chi connectivity index (χ1n) is 6.42. The molecule has 1 aromatic rings. The average Bonchev–Trinajstić information content (AvgIpc) is 2.86. The molecule has 2 aliphatic rings. The minimum Gasteiger partial charge on any atom is -0.494 e. The molecule has 0 unspecified atom stereocenters. The fraction of sp³-hybridized carbons (Fsp3) is 0.500. The van der Waals surface area contributed by atoms with Crippen LogP contribution in [0.2, 0.25) is 0 Å². The van der Waals surface area contributed by atoms with Gasteiger partial charge in [0.25, 0.3) is 0 Å². The van der Waals surface area contributed by atoms with E-state index in [1.807, 2.05) is 6.20 Å². The van der Waals surface area contributed by atoms with Crippen molar-refractivity contribution in [2.75, 3.05) is 13.7 Å². The van der Waals surface area contributed by atoms with E-state index in [0.29, 0.717) is 6.04 Å². The first-order chi connectivity index (χ1) is 8.78. The summed E-state index contributed by atoms with van der Waals surface area (Å²) in [5.74, 6) is 1.63. The molecule has 1 aliphatic carbocycles. The molecule has 0 saturated carbocycles. The van der Waals surface area contributed by atoms with Crippen molar-refractivity contribution in [3.8, 4) is 5.75 Å². The van der Waals surface area contributed by atoms with Crippen molar-refractivity contribution < 1.29 is 4.74 Å². The van der Waals surface area contributed by atoms with Crippen LogP contribution in [0, 0.1) is 5.92 Å². The number of hydrogen-bond acceptors (Lipinski definition) is 3. The van der Waals surface area contributed by atoms with Crippen molar-refractivity contribution in [1.29, 1.82) is 0 Å². The number of halogens is 1. The second-order valence-electron chi connectivity index (χ2n) is 4.98. The second-order valence-corrected chi connectivity index (χ2v) is 5.73. The minimum absolute atomic E-state index is 0.559. The summed E-state index contributed by atoms with van der Waals surface area (Å²) in [6.45, 7) is 1.15. The van der Waals surface area contributed by atoms with Crippen molar-refractivity contribution in [2.24, 2.45) is 5.92 Å². The molecule has 1 aliphatic heterocycles. The van der Waals surface area contributed by atoms with Gasteiger partial charge >= 0.3 is 0 Å². The largest absolute Gasteiger partial charge is 0.494 e. The van der Waals surface area contributed by atoms with Gasteiger partial charge in [0.2, 0.25) is 0 Å². The molecule has 0 spiro atoms. The summed E-state index contributed by atoms with van der Waals surface area (Å²) in [5, 5.41) is 3.56. The summed E-state index contributed by atoms with van der Waals surface area (Å²) in [5.41, 5.74) is 2.58. The molecule has 1 aromatic heterocycles. The zero-order valence-corrected chi connectivity index (χ0v) is 12.0. The van der Waals surface area contributed by atoms with Crippen molar-refractivity contribution in [1.82, 2.24) is 10.3 Å². The Balaban J connectivity index is 1.90. The average molecular weight is 309 g/mol. The summed E-state index contributed by atoms with van der Waals surface area (Å²) in [6, 6.07) is 2.63. The van der Waals surface area contributed by atoms with Crippen molar-refractivity contribution in [3.63, 3.8) is 0 Å². The lowest BCUT2D eigenvalue weighted by molar-refractivity contribution is 0.409. The quantitative estimate of drug-likeness (QED) is 0.853. The highest BCUT2D eigenvalue weighted by Gasteiger charge is 2.29. The second kappa shape index (κ2) is 5.02. The van der Waals surface area contributed by atoms with Crippen LogP contribution in [0.4, 0.5) is 0 Å². The smallest absolute Gasteiger partial charge is 0.152 e. The van der Waals surface area contributed by atoms with E-state index in [1.165, 1.54) is 24.0 Å². The fourth-order valence-corrected chi connectivity index (χ4v) is 3.31. The fourth-order valence-electron chi connectivity index (χ4n) is 2.93. The Morgan fingerprint density at radius 1 is 1.44 bits per heavy atom. The monoisotopic (exact) mass is 308 g/mol. The topological polar surface area (TPSA) is 34.1 Å². The number of rotatable bonds is 2. The number of nitrogens with zero attached hydrogens (tertiary/aromatic N) is 1. The summed E-state index contributed by atoms with van der Waals surface area (Å²) < 4.78 is 6.08. The van der Waals surface area contributed by atoms with Crippen LogP contribution in [-0.4, -0.2) is 24.7 Å². The van der Waals surface area contributed by atoms with Crippen LogP contribution in [0.15, 0.2) is 22.9 Å². The molecular formula is C14H17BrN2O. The molecule has 0 amide bonds. The van der Waals surface area contributed by atoms with Crippen LogP contribution in [0.1, 0.15) is 24.8 Å². The van der Waals surface area contributed by atoms with Crippen LogP contribution in [0.25, 0.3) is 5.57 Å². The third-order valence-corrected chi connectivity index (χ3v) is 4.56. The van der Waals surface area contributed by atoms with Gasteiger partial charge < -0.3 is 10.1 Å². The maximum atomic E-state index is 5.31. The highest BCUT2D eigenvalue weighted by atomic mass is 79.9. The van der Waals surface area contributed by atoms with E-state index >= 15 is 0 Å². The molecule has 1 saturated heterocycles. The number of methoxy groups -OCH3 is 1. The molecular weight excluding hydrogens is 292 g/mol. The summed E-state index contributed by atoms with van der Waals surface area (Å²) >= 11 is 3.39. The van der Waals surface area contributed by atoms with Gasteiger partial charge in [-0.2, -0.15) is 0 Å².